The van der Waals surface area contributed by atoms with Crippen LogP contribution in [0.3, 0.4) is 0 Å². The van der Waals surface area contributed by atoms with Gasteiger partial charge >= 0.3 is 0 Å². The van der Waals surface area contributed by atoms with Gasteiger partial charge in [0.2, 0.25) is 0 Å². The molecule has 0 saturated carbocycles. The number of Topliss-reactive ketones (excluding diaryl/α,β-unsaturated/α-hetero) is 1. The Kier molecular flexibility index (Phi) is 2.75. The van der Waals surface area contributed by atoms with Gasteiger partial charge in [-0.05, 0) is 19.1 Å². The highest BCUT2D eigenvalue weighted by molar-refractivity contribution is 5.98. The summed E-state index contributed by atoms with van der Waals surface area (Å²) in [6, 6.07) is 3.65. The Morgan fingerprint density at radius 2 is 2.31 bits per heavy atom. The second-order valence-electron chi connectivity index (χ2n) is 3.76. The molecule has 0 spiro atoms. The zero-order valence-corrected chi connectivity index (χ0v) is 9.53. The molecular formula is C12H15N3O. The summed E-state index contributed by atoms with van der Waals surface area (Å²) in [7, 11) is 0. The maximum Gasteiger partial charge on any atom is 0.176 e. The van der Waals surface area contributed by atoms with E-state index in [0.29, 0.717) is 5.56 Å². The van der Waals surface area contributed by atoms with E-state index in [1.165, 1.54) is 0 Å². The molecule has 0 amide bonds. The monoisotopic (exact) mass is 217 g/mol. The van der Waals surface area contributed by atoms with Crippen LogP contribution in [-0.2, 0) is 6.42 Å². The Balaban J connectivity index is 2.62. The van der Waals surface area contributed by atoms with Crippen molar-refractivity contribution in [1.82, 2.24) is 9.38 Å². The van der Waals surface area contributed by atoms with Crippen LogP contribution in [0.4, 0.5) is 0 Å². The van der Waals surface area contributed by atoms with Crippen molar-refractivity contribution in [2.24, 2.45) is 5.73 Å². The molecule has 4 nitrogen and oxygen atoms in total. The van der Waals surface area contributed by atoms with Crippen LogP contribution >= 0.6 is 0 Å². The predicted octanol–water partition coefficient (Wildman–Crippen LogP) is 1.35. The number of ketones is 1. The third-order valence-corrected chi connectivity index (χ3v) is 2.72. The molecule has 2 aromatic rings. The SMILES string of the molecule is CCc1nc(C)c2cc(C(=O)CN)ccn12. The van der Waals surface area contributed by atoms with Gasteiger partial charge in [-0.3, -0.25) is 4.79 Å². The fourth-order valence-electron chi connectivity index (χ4n) is 1.85. The summed E-state index contributed by atoms with van der Waals surface area (Å²) < 4.78 is 2.02. The van der Waals surface area contributed by atoms with Gasteiger partial charge in [-0.15, -0.1) is 0 Å². The molecule has 0 unspecified atom stereocenters. The lowest BCUT2D eigenvalue weighted by Crippen LogP contribution is -2.13. The number of carbonyl (C=O) groups excluding carboxylic acids is 1. The van der Waals surface area contributed by atoms with Crippen LogP contribution in [0.5, 0.6) is 0 Å². The zero-order chi connectivity index (χ0) is 11.7. The normalized spacial score (nSPS) is 10.9. The smallest absolute Gasteiger partial charge is 0.176 e. The molecule has 0 aliphatic heterocycles. The van der Waals surface area contributed by atoms with Crippen molar-refractivity contribution in [3.63, 3.8) is 0 Å². The first-order valence-corrected chi connectivity index (χ1v) is 5.38. The van der Waals surface area contributed by atoms with Gasteiger partial charge in [-0.1, -0.05) is 6.92 Å². The van der Waals surface area contributed by atoms with Crippen LogP contribution in [-0.4, -0.2) is 21.7 Å². The molecule has 0 aliphatic carbocycles. The topological polar surface area (TPSA) is 60.4 Å². The summed E-state index contributed by atoms with van der Waals surface area (Å²) in [4.78, 5) is 15.9. The van der Waals surface area contributed by atoms with Crippen LogP contribution in [0, 0.1) is 6.92 Å². The summed E-state index contributed by atoms with van der Waals surface area (Å²) in [6.45, 7) is 4.06. The van der Waals surface area contributed by atoms with E-state index in [2.05, 4.69) is 11.9 Å². The molecule has 2 aromatic heterocycles. The Labute approximate surface area is 94.1 Å². The van der Waals surface area contributed by atoms with E-state index in [-0.39, 0.29) is 12.3 Å². The zero-order valence-electron chi connectivity index (χ0n) is 9.53. The molecule has 0 aliphatic rings. The van der Waals surface area contributed by atoms with Gasteiger partial charge < -0.3 is 10.1 Å². The molecule has 16 heavy (non-hydrogen) atoms. The molecular weight excluding hydrogens is 202 g/mol. The third-order valence-electron chi connectivity index (χ3n) is 2.72. The molecule has 84 valence electrons. The van der Waals surface area contributed by atoms with Crippen molar-refractivity contribution < 1.29 is 4.79 Å². The van der Waals surface area contributed by atoms with Gasteiger partial charge in [-0.2, -0.15) is 0 Å². The van der Waals surface area contributed by atoms with Gasteiger partial charge in [0.25, 0.3) is 0 Å². The quantitative estimate of drug-likeness (QED) is 0.789. The van der Waals surface area contributed by atoms with E-state index in [9.17, 15) is 4.79 Å². The second-order valence-corrected chi connectivity index (χ2v) is 3.76. The van der Waals surface area contributed by atoms with Gasteiger partial charge in [0.15, 0.2) is 5.78 Å². The van der Waals surface area contributed by atoms with Crippen molar-refractivity contribution in [2.75, 3.05) is 6.54 Å². The minimum absolute atomic E-state index is 0.0406. The van der Waals surface area contributed by atoms with Crippen LogP contribution in [0.15, 0.2) is 18.3 Å². The van der Waals surface area contributed by atoms with Crippen LogP contribution < -0.4 is 5.73 Å². The van der Waals surface area contributed by atoms with Crippen molar-refractivity contribution in [1.29, 1.82) is 0 Å². The largest absolute Gasteiger partial charge is 0.324 e. The van der Waals surface area contributed by atoms with E-state index in [1.807, 2.05) is 23.6 Å². The van der Waals surface area contributed by atoms with E-state index in [1.54, 1.807) is 6.07 Å². The van der Waals surface area contributed by atoms with Gasteiger partial charge in [-0.25, -0.2) is 4.98 Å². The minimum Gasteiger partial charge on any atom is -0.324 e. The second kappa shape index (κ2) is 4.06. The number of rotatable bonds is 3. The average molecular weight is 217 g/mol. The van der Waals surface area contributed by atoms with Gasteiger partial charge in [0.05, 0.1) is 17.8 Å². The fraction of sp³-hybridized carbons (Fsp3) is 0.333. The predicted molar refractivity (Wildman–Crippen MR) is 62.7 cm³/mol. The van der Waals surface area contributed by atoms with E-state index in [4.69, 9.17) is 5.73 Å². The van der Waals surface area contributed by atoms with Crippen molar-refractivity contribution in [2.45, 2.75) is 20.3 Å². The molecule has 0 radical (unpaired) electrons. The van der Waals surface area contributed by atoms with E-state index in [0.717, 1.165) is 23.5 Å². The van der Waals surface area contributed by atoms with Crippen LogP contribution in [0.1, 0.15) is 28.8 Å². The lowest BCUT2D eigenvalue weighted by molar-refractivity contribution is 0.100. The minimum atomic E-state index is -0.0406. The lowest BCUT2D eigenvalue weighted by atomic mass is 10.1. The maximum absolute atomic E-state index is 11.5. The molecule has 0 aromatic carbocycles. The molecule has 2 rings (SSSR count). The molecule has 2 N–H and O–H groups in total. The number of pyridine rings is 1. The maximum atomic E-state index is 11.5. The highest BCUT2D eigenvalue weighted by atomic mass is 16.1. The Morgan fingerprint density at radius 1 is 1.56 bits per heavy atom. The summed E-state index contributed by atoms with van der Waals surface area (Å²) >= 11 is 0. The first kappa shape index (κ1) is 10.8. The number of aryl methyl sites for hydroxylation is 2. The number of imidazole rings is 1. The van der Waals surface area contributed by atoms with E-state index >= 15 is 0 Å². The van der Waals surface area contributed by atoms with Crippen molar-refractivity contribution >= 4 is 11.3 Å². The summed E-state index contributed by atoms with van der Waals surface area (Å²) in [6.07, 6.45) is 2.76. The first-order chi connectivity index (χ1) is 7.67. The standard InChI is InChI=1S/C12H15N3O/c1-3-12-14-8(2)10-6-9(11(16)7-13)4-5-15(10)12/h4-6H,3,7,13H2,1-2H3. The summed E-state index contributed by atoms with van der Waals surface area (Å²) in [5.74, 6) is 0.973. The van der Waals surface area contributed by atoms with Gasteiger partial charge in [0.1, 0.15) is 5.82 Å². The Hall–Kier alpha value is -1.68. The average Bonchev–Trinajstić information content (AvgIpc) is 2.64. The van der Waals surface area contributed by atoms with Crippen LogP contribution in [0.2, 0.25) is 0 Å². The van der Waals surface area contributed by atoms with Crippen molar-refractivity contribution in [3.8, 4) is 0 Å². The van der Waals surface area contributed by atoms with Gasteiger partial charge in [0, 0.05) is 18.2 Å². The number of fused-ring (bicyclic) bond motifs is 1. The summed E-state index contributed by atoms with van der Waals surface area (Å²) in [5.41, 5.74) is 7.93. The molecule has 4 heteroatoms. The highest BCUT2D eigenvalue weighted by Gasteiger charge is 2.09. The number of nitrogens with zero attached hydrogens (tertiary/aromatic N) is 2. The fourth-order valence-corrected chi connectivity index (χ4v) is 1.85. The summed E-state index contributed by atoms with van der Waals surface area (Å²) in [5, 5.41) is 0. The first-order valence-electron chi connectivity index (χ1n) is 5.38. The number of hydrogen-bond donors (Lipinski definition) is 1. The third kappa shape index (κ3) is 1.61. The Bertz CT molecular complexity index is 542. The molecule has 0 atom stereocenters. The van der Waals surface area contributed by atoms with Crippen LogP contribution in [0.25, 0.3) is 5.52 Å². The number of carbonyl (C=O) groups is 1. The molecule has 0 bridgehead atoms. The number of aromatic nitrogens is 2. The molecule has 2 heterocycles. The molecule has 0 saturated heterocycles. The Morgan fingerprint density at radius 3 is 2.94 bits per heavy atom. The van der Waals surface area contributed by atoms with Crippen molar-refractivity contribution in [3.05, 3.63) is 35.4 Å². The molecule has 0 fully saturated rings. The lowest BCUT2D eigenvalue weighted by Gasteiger charge is -2.01. The highest BCUT2D eigenvalue weighted by Crippen LogP contribution is 2.15. The number of hydrogen-bond acceptors (Lipinski definition) is 3. The number of nitrogens with two attached hydrogens (primary N) is 1. The van der Waals surface area contributed by atoms with E-state index < -0.39 is 0 Å².